The van der Waals surface area contributed by atoms with Crippen LogP contribution in [-0.4, -0.2) is 11.7 Å². The maximum Gasteiger partial charge on any atom is 0.240 e. The molecule has 100 valence electrons. The van der Waals surface area contributed by atoms with E-state index >= 15 is 0 Å². The van der Waals surface area contributed by atoms with Gasteiger partial charge >= 0.3 is 0 Å². The number of amides is 1. The van der Waals surface area contributed by atoms with Crippen LogP contribution in [0.2, 0.25) is 0 Å². The maximum absolute atomic E-state index is 12.8. The van der Waals surface area contributed by atoms with Crippen molar-refractivity contribution in [1.29, 1.82) is 0 Å². The standard InChI is InChI=1S/C18H12N2O/c21-18-13-8-2-1-7-12(13)17-19-14-9-3-5-11-6-4-10-15(16(11)14)20(17)18/h1-10,12-13H. The topological polar surface area (TPSA) is 32.7 Å². The lowest BCUT2D eigenvalue weighted by atomic mass is 9.90. The third-order valence-corrected chi connectivity index (χ3v) is 4.50. The molecule has 1 amide bonds. The van der Waals surface area contributed by atoms with Crippen molar-refractivity contribution in [3.8, 4) is 0 Å². The lowest BCUT2D eigenvalue weighted by molar-refractivity contribution is -0.119. The molecule has 2 aliphatic heterocycles. The van der Waals surface area contributed by atoms with E-state index in [-0.39, 0.29) is 17.7 Å². The Kier molecular flexibility index (Phi) is 1.94. The molecule has 0 spiro atoms. The number of carbonyl (C=O) groups is 1. The first kappa shape index (κ1) is 11.0. The quantitative estimate of drug-likeness (QED) is 0.721. The van der Waals surface area contributed by atoms with Gasteiger partial charge in [0.1, 0.15) is 5.84 Å². The van der Waals surface area contributed by atoms with Gasteiger partial charge in [-0.25, -0.2) is 4.99 Å². The molecule has 1 aliphatic carbocycles. The molecular formula is C18H12N2O. The Morgan fingerprint density at radius 3 is 2.57 bits per heavy atom. The summed E-state index contributed by atoms with van der Waals surface area (Å²) >= 11 is 0. The zero-order valence-electron chi connectivity index (χ0n) is 11.2. The number of fused-ring (bicyclic) bond motifs is 4. The Hall–Kier alpha value is -2.68. The van der Waals surface area contributed by atoms with Crippen molar-refractivity contribution in [2.24, 2.45) is 16.8 Å². The van der Waals surface area contributed by atoms with Crippen molar-refractivity contribution in [1.82, 2.24) is 0 Å². The van der Waals surface area contributed by atoms with Gasteiger partial charge < -0.3 is 0 Å². The minimum Gasteiger partial charge on any atom is -0.273 e. The van der Waals surface area contributed by atoms with Gasteiger partial charge in [-0.1, -0.05) is 48.6 Å². The zero-order valence-corrected chi connectivity index (χ0v) is 11.2. The lowest BCUT2D eigenvalue weighted by Gasteiger charge is -2.25. The fourth-order valence-corrected chi connectivity index (χ4v) is 3.57. The van der Waals surface area contributed by atoms with Gasteiger partial charge in [-0.05, 0) is 17.5 Å². The van der Waals surface area contributed by atoms with Crippen LogP contribution in [0.3, 0.4) is 0 Å². The van der Waals surface area contributed by atoms with Crippen LogP contribution >= 0.6 is 0 Å². The summed E-state index contributed by atoms with van der Waals surface area (Å²) in [4.78, 5) is 19.4. The van der Waals surface area contributed by atoms with Crippen LogP contribution in [0.4, 0.5) is 11.4 Å². The molecule has 21 heavy (non-hydrogen) atoms. The Balaban J connectivity index is 1.85. The Labute approximate surface area is 121 Å². The third-order valence-electron chi connectivity index (χ3n) is 4.50. The molecule has 0 aromatic heterocycles. The Morgan fingerprint density at radius 2 is 1.71 bits per heavy atom. The molecule has 2 heterocycles. The summed E-state index contributed by atoms with van der Waals surface area (Å²) in [7, 11) is 0. The Morgan fingerprint density at radius 1 is 0.952 bits per heavy atom. The summed E-state index contributed by atoms with van der Waals surface area (Å²) in [6.07, 6.45) is 8.02. The molecule has 0 bridgehead atoms. The van der Waals surface area contributed by atoms with Crippen molar-refractivity contribution in [3.63, 3.8) is 0 Å². The minimum absolute atomic E-state index is 0.0612. The molecular weight excluding hydrogens is 260 g/mol. The number of nitrogens with zero attached hydrogens (tertiary/aromatic N) is 2. The first-order valence-electron chi connectivity index (χ1n) is 7.14. The predicted octanol–water partition coefficient (Wildman–Crippen LogP) is 3.59. The second-order valence-electron chi connectivity index (χ2n) is 5.62. The normalized spacial score (nSPS) is 25.0. The molecule has 0 N–H and O–H groups in total. The largest absolute Gasteiger partial charge is 0.273 e. The molecule has 2 unspecified atom stereocenters. The van der Waals surface area contributed by atoms with Gasteiger partial charge in [0.25, 0.3) is 0 Å². The SMILES string of the molecule is O=C1C2C=CC=CC2C2=Nc3cccc4cccc(c34)N12. The number of hydrogen-bond donors (Lipinski definition) is 0. The highest BCUT2D eigenvalue weighted by molar-refractivity contribution is 6.31. The molecule has 2 atom stereocenters. The highest BCUT2D eigenvalue weighted by Crippen LogP contribution is 2.45. The Bertz CT molecular complexity index is 886. The van der Waals surface area contributed by atoms with Crippen molar-refractivity contribution in [2.45, 2.75) is 0 Å². The molecule has 5 rings (SSSR count). The molecule has 3 heteroatoms. The van der Waals surface area contributed by atoms with E-state index in [0.29, 0.717) is 0 Å². The van der Waals surface area contributed by atoms with E-state index in [4.69, 9.17) is 4.99 Å². The molecule has 1 fully saturated rings. The van der Waals surface area contributed by atoms with Crippen LogP contribution in [0.1, 0.15) is 0 Å². The van der Waals surface area contributed by atoms with Gasteiger partial charge in [0.2, 0.25) is 5.91 Å². The summed E-state index contributed by atoms with van der Waals surface area (Å²) in [5.41, 5.74) is 1.93. The van der Waals surface area contributed by atoms with E-state index in [1.807, 2.05) is 47.4 Å². The highest BCUT2D eigenvalue weighted by atomic mass is 16.2. The van der Waals surface area contributed by atoms with Gasteiger partial charge in [0.15, 0.2) is 0 Å². The van der Waals surface area contributed by atoms with E-state index in [1.165, 1.54) is 0 Å². The minimum atomic E-state index is -0.113. The number of rotatable bonds is 0. The summed E-state index contributed by atoms with van der Waals surface area (Å²) in [5, 5.41) is 2.20. The second kappa shape index (κ2) is 3.70. The molecule has 2 aromatic carbocycles. The van der Waals surface area contributed by atoms with E-state index in [2.05, 4.69) is 18.2 Å². The molecule has 3 aliphatic rings. The number of hydrogen-bond acceptors (Lipinski definition) is 2. The van der Waals surface area contributed by atoms with Gasteiger partial charge in [-0.2, -0.15) is 0 Å². The van der Waals surface area contributed by atoms with Crippen LogP contribution in [0, 0.1) is 11.8 Å². The van der Waals surface area contributed by atoms with E-state index in [1.54, 1.807) is 0 Å². The third kappa shape index (κ3) is 1.28. The van der Waals surface area contributed by atoms with Crippen molar-refractivity contribution >= 4 is 33.9 Å². The number of aliphatic imine (C=N–C) groups is 1. The smallest absolute Gasteiger partial charge is 0.240 e. The van der Waals surface area contributed by atoms with Gasteiger partial charge in [-0.15, -0.1) is 0 Å². The van der Waals surface area contributed by atoms with Crippen LogP contribution < -0.4 is 4.90 Å². The molecule has 3 nitrogen and oxygen atoms in total. The van der Waals surface area contributed by atoms with Crippen LogP contribution in [0.15, 0.2) is 65.7 Å². The number of anilines is 1. The van der Waals surface area contributed by atoms with Crippen LogP contribution in [-0.2, 0) is 4.79 Å². The van der Waals surface area contributed by atoms with Crippen molar-refractivity contribution in [3.05, 3.63) is 60.7 Å². The maximum atomic E-state index is 12.8. The molecule has 0 radical (unpaired) electrons. The van der Waals surface area contributed by atoms with Crippen molar-refractivity contribution in [2.75, 3.05) is 4.90 Å². The van der Waals surface area contributed by atoms with Crippen molar-refractivity contribution < 1.29 is 4.79 Å². The number of benzene rings is 2. The van der Waals surface area contributed by atoms with E-state index < -0.39 is 0 Å². The van der Waals surface area contributed by atoms with E-state index in [0.717, 1.165) is 28.0 Å². The fourth-order valence-electron chi connectivity index (χ4n) is 3.57. The molecule has 1 saturated heterocycles. The number of allylic oxidation sites excluding steroid dienone is 2. The predicted molar refractivity (Wildman–Crippen MR) is 83.8 cm³/mol. The summed E-state index contributed by atoms with van der Waals surface area (Å²) < 4.78 is 0. The number of amidine groups is 1. The van der Waals surface area contributed by atoms with Crippen LogP contribution in [0.5, 0.6) is 0 Å². The van der Waals surface area contributed by atoms with Gasteiger partial charge in [0, 0.05) is 5.39 Å². The lowest BCUT2D eigenvalue weighted by Crippen LogP contribution is -2.32. The monoisotopic (exact) mass is 272 g/mol. The average molecular weight is 272 g/mol. The first-order valence-corrected chi connectivity index (χ1v) is 7.14. The summed E-state index contributed by atoms with van der Waals surface area (Å²) in [5.74, 6) is 0.933. The number of carbonyl (C=O) groups excluding carboxylic acids is 1. The molecule has 0 saturated carbocycles. The highest BCUT2D eigenvalue weighted by Gasteiger charge is 2.46. The summed E-state index contributed by atoms with van der Waals surface area (Å²) in [6.45, 7) is 0. The van der Waals surface area contributed by atoms with Gasteiger partial charge in [0.05, 0.1) is 23.2 Å². The average Bonchev–Trinajstić information content (AvgIpc) is 2.82. The van der Waals surface area contributed by atoms with Crippen LogP contribution in [0.25, 0.3) is 10.8 Å². The second-order valence-corrected chi connectivity index (χ2v) is 5.62. The van der Waals surface area contributed by atoms with E-state index in [9.17, 15) is 4.79 Å². The zero-order chi connectivity index (χ0) is 14.0. The fraction of sp³-hybridized carbons (Fsp3) is 0.111. The first-order chi connectivity index (χ1) is 10.3. The molecule has 2 aromatic rings. The van der Waals surface area contributed by atoms with Gasteiger partial charge in [-0.3, -0.25) is 9.69 Å². The summed E-state index contributed by atoms with van der Waals surface area (Å²) in [6, 6.07) is 12.2.